The van der Waals surface area contributed by atoms with E-state index < -0.39 is 9.04 Å². The van der Waals surface area contributed by atoms with Gasteiger partial charge in [0.2, 0.25) is 9.04 Å². The van der Waals surface area contributed by atoms with Gasteiger partial charge in [-0.3, -0.25) is 4.80 Å². The summed E-state index contributed by atoms with van der Waals surface area (Å²) < 4.78 is 0. The SMILES string of the molecule is C=C[SiH]([O])CC. The summed E-state index contributed by atoms with van der Waals surface area (Å²) in [6.07, 6.45) is 0. The van der Waals surface area contributed by atoms with Crippen LogP contribution in [0.3, 0.4) is 0 Å². The minimum absolute atomic E-state index is 0.795. The van der Waals surface area contributed by atoms with E-state index in [-0.39, 0.29) is 0 Å². The molecule has 0 aliphatic heterocycles. The second kappa shape index (κ2) is 3.12. The Hall–Kier alpha value is -0.0831. The first-order valence-electron chi connectivity index (χ1n) is 2.09. The maximum absolute atomic E-state index is 10.3. The van der Waals surface area contributed by atoms with E-state index in [0.29, 0.717) is 0 Å². The van der Waals surface area contributed by atoms with Gasteiger partial charge < -0.3 is 0 Å². The lowest BCUT2D eigenvalue weighted by atomic mass is 11.0. The largest absolute Gasteiger partial charge is 0.296 e. The van der Waals surface area contributed by atoms with E-state index in [1.165, 1.54) is 0 Å². The lowest BCUT2D eigenvalue weighted by molar-refractivity contribution is 0.458. The monoisotopic (exact) mass is 101 g/mol. The molecule has 0 aliphatic carbocycles. The van der Waals surface area contributed by atoms with Crippen molar-refractivity contribution in [3.8, 4) is 0 Å². The highest BCUT2D eigenvalue weighted by Crippen LogP contribution is 1.83. The van der Waals surface area contributed by atoms with Crippen LogP contribution in [0.25, 0.3) is 0 Å². The topological polar surface area (TPSA) is 19.9 Å². The lowest BCUT2D eigenvalue weighted by Crippen LogP contribution is -2.00. The Morgan fingerprint density at radius 1 is 2.00 bits per heavy atom. The summed E-state index contributed by atoms with van der Waals surface area (Å²) >= 11 is 0. The Morgan fingerprint density at radius 2 is 2.50 bits per heavy atom. The highest BCUT2D eigenvalue weighted by atomic mass is 28.3. The summed E-state index contributed by atoms with van der Waals surface area (Å²) in [6.45, 7) is 5.29. The Balaban J connectivity index is 2.96. The van der Waals surface area contributed by atoms with Crippen molar-refractivity contribution in [2.75, 3.05) is 0 Å². The smallest absolute Gasteiger partial charge is 0.245 e. The summed E-state index contributed by atoms with van der Waals surface area (Å²) in [5.41, 5.74) is 1.56. The van der Waals surface area contributed by atoms with E-state index in [1.54, 1.807) is 5.70 Å². The first-order chi connectivity index (χ1) is 2.81. The van der Waals surface area contributed by atoms with E-state index >= 15 is 0 Å². The standard InChI is InChI=1S/C4H9OSi/c1-3-6(5)4-2/h3,6H,1,4H2,2H3. The van der Waals surface area contributed by atoms with E-state index in [2.05, 4.69) is 6.58 Å². The van der Waals surface area contributed by atoms with Crippen molar-refractivity contribution >= 4 is 9.04 Å². The molecule has 0 spiro atoms. The summed E-state index contributed by atoms with van der Waals surface area (Å²) in [5, 5.41) is 0. The van der Waals surface area contributed by atoms with Crippen molar-refractivity contribution in [3.05, 3.63) is 12.3 Å². The average molecular weight is 101 g/mol. The molecule has 0 rings (SSSR count). The summed E-state index contributed by atoms with van der Waals surface area (Å²) in [7, 11) is -1.65. The Labute approximate surface area is 40.0 Å². The zero-order valence-corrected chi connectivity index (χ0v) is 5.13. The van der Waals surface area contributed by atoms with Crippen LogP contribution in [-0.4, -0.2) is 9.04 Å². The molecule has 1 atom stereocenters. The normalized spacial score (nSPS) is 13.7. The van der Waals surface area contributed by atoms with Crippen LogP contribution in [0.15, 0.2) is 12.3 Å². The van der Waals surface area contributed by atoms with E-state index in [9.17, 15) is 4.80 Å². The maximum Gasteiger partial charge on any atom is 0.245 e. The third-order valence-corrected chi connectivity index (χ3v) is 2.00. The molecule has 1 radical (unpaired) electrons. The van der Waals surface area contributed by atoms with Gasteiger partial charge in [-0.1, -0.05) is 12.6 Å². The van der Waals surface area contributed by atoms with Gasteiger partial charge in [0.1, 0.15) is 0 Å². The molecule has 0 fully saturated rings. The number of hydrogen-bond acceptors (Lipinski definition) is 0. The van der Waals surface area contributed by atoms with Crippen LogP contribution in [0.5, 0.6) is 0 Å². The molecule has 0 amide bonds. The molecule has 0 heterocycles. The van der Waals surface area contributed by atoms with Crippen LogP contribution in [-0.2, 0) is 4.80 Å². The van der Waals surface area contributed by atoms with Gasteiger partial charge in [-0.2, -0.15) is 0 Å². The Morgan fingerprint density at radius 3 is 2.50 bits per heavy atom. The second-order valence-electron chi connectivity index (χ2n) is 1.18. The van der Waals surface area contributed by atoms with E-state index in [4.69, 9.17) is 0 Å². The zero-order chi connectivity index (χ0) is 4.99. The quantitative estimate of drug-likeness (QED) is 0.460. The minimum atomic E-state index is -1.65. The van der Waals surface area contributed by atoms with Gasteiger partial charge in [0.25, 0.3) is 0 Å². The number of hydrogen-bond donors (Lipinski definition) is 0. The van der Waals surface area contributed by atoms with Crippen molar-refractivity contribution in [1.82, 2.24) is 0 Å². The van der Waals surface area contributed by atoms with Crippen molar-refractivity contribution < 1.29 is 4.80 Å². The zero-order valence-electron chi connectivity index (χ0n) is 3.98. The molecular formula is C4H9OSi. The molecule has 0 N–H and O–H groups in total. The van der Waals surface area contributed by atoms with Gasteiger partial charge in [-0.25, -0.2) is 0 Å². The van der Waals surface area contributed by atoms with Gasteiger partial charge >= 0.3 is 0 Å². The maximum atomic E-state index is 10.3. The fraction of sp³-hybridized carbons (Fsp3) is 0.500. The van der Waals surface area contributed by atoms with Gasteiger partial charge in [0.15, 0.2) is 0 Å². The van der Waals surface area contributed by atoms with Crippen molar-refractivity contribution in [2.24, 2.45) is 0 Å². The highest BCUT2D eigenvalue weighted by Gasteiger charge is 1.94. The minimum Gasteiger partial charge on any atom is -0.296 e. The Kier molecular flexibility index (Phi) is 3.08. The first-order valence-corrected chi connectivity index (χ1v) is 4.05. The fourth-order valence-electron chi connectivity index (χ4n) is 0.167. The highest BCUT2D eigenvalue weighted by molar-refractivity contribution is 6.55. The Bertz CT molecular complexity index is 44.8. The van der Waals surface area contributed by atoms with Gasteiger partial charge in [-0.15, -0.1) is 6.58 Å². The van der Waals surface area contributed by atoms with Crippen molar-refractivity contribution in [1.29, 1.82) is 0 Å². The van der Waals surface area contributed by atoms with Gasteiger partial charge in [0.05, 0.1) is 0 Å². The summed E-state index contributed by atoms with van der Waals surface area (Å²) in [5.74, 6) is 0. The summed E-state index contributed by atoms with van der Waals surface area (Å²) in [4.78, 5) is 10.3. The molecule has 6 heavy (non-hydrogen) atoms. The molecule has 0 saturated carbocycles. The van der Waals surface area contributed by atoms with Crippen LogP contribution in [0.1, 0.15) is 6.92 Å². The molecule has 0 saturated heterocycles. The molecule has 0 bridgehead atoms. The third kappa shape index (κ3) is 2.17. The predicted octanol–water partition coefficient (Wildman–Crippen LogP) is 0.886. The first kappa shape index (κ1) is 5.92. The van der Waals surface area contributed by atoms with Crippen LogP contribution >= 0.6 is 0 Å². The van der Waals surface area contributed by atoms with Gasteiger partial charge in [-0.05, 0) is 6.04 Å². The van der Waals surface area contributed by atoms with Crippen LogP contribution in [0, 0.1) is 0 Å². The predicted molar refractivity (Wildman–Crippen MR) is 28.5 cm³/mol. The van der Waals surface area contributed by atoms with E-state index in [0.717, 1.165) is 6.04 Å². The third-order valence-electron chi connectivity index (χ3n) is 0.665. The summed E-state index contributed by atoms with van der Waals surface area (Å²) in [6, 6.07) is 0.795. The molecule has 0 aromatic heterocycles. The van der Waals surface area contributed by atoms with Crippen molar-refractivity contribution in [2.45, 2.75) is 13.0 Å². The van der Waals surface area contributed by atoms with Crippen LogP contribution in [0.2, 0.25) is 6.04 Å². The van der Waals surface area contributed by atoms with Crippen LogP contribution < -0.4 is 0 Å². The van der Waals surface area contributed by atoms with E-state index in [1.807, 2.05) is 6.92 Å². The average Bonchev–Trinajstić information content (AvgIpc) is 1.65. The molecule has 0 aromatic rings. The number of rotatable bonds is 2. The molecule has 2 heteroatoms. The molecule has 35 valence electrons. The molecular weight excluding hydrogens is 92.1 g/mol. The lowest BCUT2D eigenvalue weighted by Gasteiger charge is -1.86. The fourth-order valence-corrected chi connectivity index (χ4v) is 0.500. The molecule has 0 aliphatic rings. The second-order valence-corrected chi connectivity index (χ2v) is 3.55. The molecule has 1 nitrogen and oxygen atoms in total. The van der Waals surface area contributed by atoms with Gasteiger partial charge in [0, 0.05) is 0 Å². The molecule has 1 unspecified atom stereocenters. The van der Waals surface area contributed by atoms with Crippen LogP contribution in [0.4, 0.5) is 0 Å². The van der Waals surface area contributed by atoms with Crippen molar-refractivity contribution in [3.63, 3.8) is 0 Å². The molecule has 0 aromatic carbocycles.